The third-order valence-corrected chi connectivity index (χ3v) is 6.56. The van der Waals surface area contributed by atoms with Crippen molar-refractivity contribution in [1.82, 2.24) is 10.2 Å². The van der Waals surface area contributed by atoms with Gasteiger partial charge < -0.3 is 15.4 Å². The minimum absolute atomic E-state index is 0.146. The number of rotatable bonds is 8. The van der Waals surface area contributed by atoms with E-state index in [1.54, 1.807) is 13.0 Å². The first-order chi connectivity index (χ1) is 14.8. The Morgan fingerprint density at radius 2 is 2.06 bits per heavy atom. The molecule has 2 aromatic carbocycles. The average molecular weight is 480 g/mol. The van der Waals surface area contributed by atoms with Crippen molar-refractivity contribution >= 4 is 62.8 Å². The highest BCUT2D eigenvalue weighted by molar-refractivity contribution is 8.02. The van der Waals surface area contributed by atoms with Gasteiger partial charge in [0.05, 0.1) is 23.0 Å². The number of thioether (sulfide) groups is 1. The van der Waals surface area contributed by atoms with Gasteiger partial charge in [0.1, 0.15) is 5.75 Å². The lowest BCUT2D eigenvalue weighted by atomic mass is 10.2. The Morgan fingerprint density at radius 3 is 2.74 bits per heavy atom. The summed E-state index contributed by atoms with van der Waals surface area (Å²) in [7, 11) is 1.42. The summed E-state index contributed by atoms with van der Waals surface area (Å²) in [4.78, 5) is 23.1. The van der Waals surface area contributed by atoms with Crippen molar-refractivity contribution in [3.63, 3.8) is 0 Å². The first-order valence-electron chi connectivity index (χ1n) is 8.93. The summed E-state index contributed by atoms with van der Waals surface area (Å²) in [6.45, 7) is 3.62. The van der Waals surface area contributed by atoms with E-state index in [9.17, 15) is 14.9 Å². The van der Waals surface area contributed by atoms with E-state index >= 15 is 0 Å². The van der Waals surface area contributed by atoms with Crippen molar-refractivity contribution in [2.24, 2.45) is 0 Å². The van der Waals surface area contributed by atoms with E-state index in [2.05, 4.69) is 20.8 Å². The highest BCUT2D eigenvalue weighted by Gasteiger charge is 2.20. The number of hydrogen-bond acceptors (Lipinski definition) is 9. The predicted octanol–water partition coefficient (Wildman–Crippen LogP) is 5.28. The van der Waals surface area contributed by atoms with Crippen molar-refractivity contribution in [1.29, 1.82) is 0 Å². The number of aryl methyl sites for hydroxylation is 1. The molecule has 3 rings (SSSR count). The van der Waals surface area contributed by atoms with Gasteiger partial charge in [-0.2, -0.15) is 0 Å². The maximum absolute atomic E-state index is 12.6. The number of nitrogens with zero attached hydrogens (tertiary/aromatic N) is 3. The van der Waals surface area contributed by atoms with Gasteiger partial charge in [0.2, 0.25) is 11.0 Å². The lowest BCUT2D eigenvalue weighted by molar-refractivity contribution is -0.384. The fraction of sp³-hybridized carbons (Fsp3) is 0.211. The molecule has 2 N–H and O–H groups in total. The number of nitrogens with one attached hydrogen (secondary N) is 2. The summed E-state index contributed by atoms with van der Waals surface area (Å²) >= 11 is 8.66. The lowest BCUT2D eigenvalue weighted by Gasteiger charge is -2.13. The van der Waals surface area contributed by atoms with Crippen molar-refractivity contribution < 1.29 is 14.5 Å². The largest absolute Gasteiger partial charge is 0.495 e. The standard InChI is InChI=1S/C19H18ClN5O4S2/c1-10-4-5-12(8-14(10)20)21-18-23-24-19(31-18)30-11(2)17(26)22-15-9-13(25(27)28)6-7-16(15)29-3/h4-9,11H,1-3H3,(H,21,23)(H,22,26). The van der Waals surface area contributed by atoms with Crippen LogP contribution < -0.4 is 15.4 Å². The number of non-ortho nitro benzene ring substituents is 1. The van der Waals surface area contributed by atoms with Crippen LogP contribution in [0, 0.1) is 17.0 Å². The molecule has 31 heavy (non-hydrogen) atoms. The highest BCUT2D eigenvalue weighted by atomic mass is 35.5. The Kier molecular flexibility index (Phi) is 7.31. The van der Waals surface area contributed by atoms with E-state index < -0.39 is 10.2 Å². The molecule has 162 valence electrons. The van der Waals surface area contributed by atoms with E-state index in [1.165, 1.54) is 48.4 Å². The number of carbonyl (C=O) groups is 1. The summed E-state index contributed by atoms with van der Waals surface area (Å²) in [5, 5.41) is 25.7. The molecule has 0 spiro atoms. The molecule has 0 saturated carbocycles. The van der Waals surface area contributed by atoms with Crippen LogP contribution in [0.3, 0.4) is 0 Å². The molecule has 3 aromatic rings. The lowest BCUT2D eigenvalue weighted by Crippen LogP contribution is -2.22. The minimum atomic E-state index is -0.537. The number of carbonyl (C=O) groups excluding carboxylic acids is 1. The van der Waals surface area contributed by atoms with Gasteiger partial charge in [-0.1, -0.05) is 40.8 Å². The molecule has 0 aliphatic heterocycles. The van der Waals surface area contributed by atoms with E-state index in [0.717, 1.165) is 11.3 Å². The number of anilines is 3. The van der Waals surface area contributed by atoms with Crippen LogP contribution in [0.5, 0.6) is 5.75 Å². The van der Waals surface area contributed by atoms with Gasteiger partial charge >= 0.3 is 0 Å². The maximum atomic E-state index is 12.6. The summed E-state index contributed by atoms with van der Waals surface area (Å²) < 4.78 is 5.76. The average Bonchev–Trinajstić information content (AvgIpc) is 3.17. The van der Waals surface area contributed by atoms with Gasteiger partial charge in [0.25, 0.3) is 5.69 Å². The molecule has 0 saturated heterocycles. The molecule has 12 heteroatoms. The number of methoxy groups -OCH3 is 1. The van der Waals surface area contributed by atoms with Crippen LogP contribution in [0.15, 0.2) is 40.7 Å². The molecule has 1 aromatic heterocycles. The quantitative estimate of drug-likeness (QED) is 0.254. The molecule has 0 aliphatic rings. The normalized spacial score (nSPS) is 11.6. The zero-order valence-corrected chi connectivity index (χ0v) is 19.1. The molecular formula is C19H18ClN5O4S2. The second-order valence-corrected chi connectivity index (χ2v) is 9.33. The summed E-state index contributed by atoms with van der Waals surface area (Å²) in [5.74, 6) is -0.0193. The number of aromatic nitrogens is 2. The van der Waals surface area contributed by atoms with Crippen LogP contribution in [0.2, 0.25) is 5.02 Å². The van der Waals surface area contributed by atoms with Crippen molar-refractivity contribution in [3.8, 4) is 5.75 Å². The predicted molar refractivity (Wildman–Crippen MR) is 123 cm³/mol. The number of benzene rings is 2. The van der Waals surface area contributed by atoms with Gasteiger partial charge in [0.15, 0.2) is 4.34 Å². The van der Waals surface area contributed by atoms with E-state index in [4.69, 9.17) is 16.3 Å². The Hall–Kier alpha value is -2.89. The monoisotopic (exact) mass is 479 g/mol. The smallest absolute Gasteiger partial charge is 0.271 e. The minimum Gasteiger partial charge on any atom is -0.495 e. The molecule has 0 bridgehead atoms. The first-order valence-corrected chi connectivity index (χ1v) is 11.0. The Morgan fingerprint density at radius 1 is 1.29 bits per heavy atom. The number of nitro benzene ring substituents is 1. The fourth-order valence-corrected chi connectivity index (χ4v) is 4.55. The zero-order valence-electron chi connectivity index (χ0n) is 16.7. The van der Waals surface area contributed by atoms with E-state index in [1.807, 2.05) is 19.1 Å². The van der Waals surface area contributed by atoms with Gasteiger partial charge in [-0.05, 0) is 37.6 Å². The third kappa shape index (κ3) is 5.84. The van der Waals surface area contributed by atoms with Gasteiger partial charge in [-0.3, -0.25) is 14.9 Å². The van der Waals surface area contributed by atoms with E-state index in [0.29, 0.717) is 20.2 Å². The fourth-order valence-electron chi connectivity index (χ4n) is 2.45. The molecule has 0 fully saturated rings. The SMILES string of the molecule is COc1ccc([N+](=O)[O-])cc1NC(=O)C(C)Sc1nnc(Nc2ccc(C)c(Cl)c2)s1. The van der Waals surface area contributed by atoms with Crippen LogP contribution in [0.25, 0.3) is 0 Å². The molecular weight excluding hydrogens is 462 g/mol. The zero-order chi connectivity index (χ0) is 22.5. The van der Waals surface area contributed by atoms with Gasteiger partial charge in [-0.25, -0.2) is 0 Å². The number of nitro groups is 1. The molecule has 0 aliphatic carbocycles. The second kappa shape index (κ2) is 9.94. The van der Waals surface area contributed by atoms with Gasteiger partial charge in [0, 0.05) is 22.8 Å². The van der Waals surface area contributed by atoms with E-state index in [-0.39, 0.29) is 17.3 Å². The molecule has 1 heterocycles. The first kappa shape index (κ1) is 22.8. The highest BCUT2D eigenvalue weighted by Crippen LogP contribution is 2.33. The van der Waals surface area contributed by atoms with Crippen molar-refractivity contribution in [2.75, 3.05) is 17.7 Å². The number of halogens is 1. The molecule has 1 amide bonds. The van der Waals surface area contributed by atoms with Crippen LogP contribution >= 0.6 is 34.7 Å². The van der Waals surface area contributed by atoms with Crippen molar-refractivity contribution in [2.45, 2.75) is 23.4 Å². The van der Waals surface area contributed by atoms with Crippen LogP contribution in [0.1, 0.15) is 12.5 Å². The molecule has 0 radical (unpaired) electrons. The summed E-state index contributed by atoms with van der Waals surface area (Å²) in [6, 6.07) is 9.59. The van der Waals surface area contributed by atoms with Crippen LogP contribution in [0.4, 0.5) is 22.2 Å². The number of hydrogen-bond donors (Lipinski definition) is 2. The van der Waals surface area contributed by atoms with Gasteiger partial charge in [-0.15, -0.1) is 10.2 Å². The second-order valence-electron chi connectivity index (χ2n) is 6.35. The number of amides is 1. The molecule has 1 unspecified atom stereocenters. The number of ether oxygens (including phenoxy) is 1. The van der Waals surface area contributed by atoms with Crippen molar-refractivity contribution in [3.05, 3.63) is 57.1 Å². The Labute approximate surface area is 191 Å². The third-order valence-electron chi connectivity index (χ3n) is 4.13. The molecule has 1 atom stereocenters. The summed E-state index contributed by atoms with van der Waals surface area (Å²) in [5.41, 5.74) is 1.84. The van der Waals surface area contributed by atoms with Crippen LogP contribution in [-0.2, 0) is 4.79 Å². The summed E-state index contributed by atoms with van der Waals surface area (Å²) in [6.07, 6.45) is 0. The van der Waals surface area contributed by atoms with Crippen LogP contribution in [-0.4, -0.2) is 33.4 Å². The molecule has 9 nitrogen and oxygen atoms in total. The topological polar surface area (TPSA) is 119 Å². The maximum Gasteiger partial charge on any atom is 0.271 e. The Bertz CT molecular complexity index is 1120. The Balaban J connectivity index is 1.64.